The third-order valence-electron chi connectivity index (χ3n) is 3.31. The van der Waals surface area contributed by atoms with E-state index in [9.17, 15) is 8.42 Å². The van der Waals surface area contributed by atoms with Crippen molar-refractivity contribution in [2.45, 2.75) is 31.6 Å². The fourth-order valence-corrected chi connectivity index (χ4v) is 3.31. The number of benzene rings is 2. The van der Waals surface area contributed by atoms with Crippen LogP contribution in [0.5, 0.6) is 0 Å². The number of anilines is 2. The van der Waals surface area contributed by atoms with E-state index in [0.29, 0.717) is 11.4 Å². The van der Waals surface area contributed by atoms with E-state index >= 15 is 0 Å². The summed E-state index contributed by atoms with van der Waals surface area (Å²) in [4.78, 5) is 0.241. The zero-order valence-corrected chi connectivity index (χ0v) is 13.1. The third kappa shape index (κ3) is 3.55. The van der Waals surface area contributed by atoms with Gasteiger partial charge in [-0.05, 0) is 42.7 Å². The normalized spacial score (nSPS) is 11.3. The Morgan fingerprint density at radius 3 is 2.33 bits per heavy atom. The lowest BCUT2D eigenvalue weighted by Gasteiger charge is -2.13. The maximum absolute atomic E-state index is 12.4. The molecule has 0 saturated heterocycles. The van der Waals surface area contributed by atoms with Gasteiger partial charge in [-0.3, -0.25) is 4.72 Å². The largest absolute Gasteiger partial charge is 0.397 e. The summed E-state index contributed by atoms with van der Waals surface area (Å²) in [6.45, 7) is 3.91. The number of hydrogen-bond acceptors (Lipinski definition) is 3. The summed E-state index contributed by atoms with van der Waals surface area (Å²) in [6.07, 6.45) is 1.97. The molecule has 4 nitrogen and oxygen atoms in total. The van der Waals surface area contributed by atoms with Crippen molar-refractivity contribution in [3.63, 3.8) is 0 Å². The highest BCUT2D eigenvalue weighted by molar-refractivity contribution is 7.92. The average Bonchev–Trinajstić information content (AvgIpc) is 2.44. The molecule has 0 radical (unpaired) electrons. The predicted octanol–water partition coefficient (Wildman–Crippen LogP) is 3.33. The molecule has 0 atom stereocenters. The van der Waals surface area contributed by atoms with Gasteiger partial charge in [0.2, 0.25) is 0 Å². The first-order chi connectivity index (χ1) is 9.94. The first-order valence-corrected chi connectivity index (χ1v) is 8.39. The smallest absolute Gasteiger partial charge is 0.261 e. The molecule has 0 heterocycles. The van der Waals surface area contributed by atoms with Crippen molar-refractivity contribution in [1.29, 1.82) is 0 Å². The summed E-state index contributed by atoms with van der Waals surface area (Å²) >= 11 is 0. The lowest BCUT2D eigenvalue weighted by Crippen LogP contribution is -2.15. The summed E-state index contributed by atoms with van der Waals surface area (Å²) in [5, 5.41) is 0. The highest BCUT2D eigenvalue weighted by Crippen LogP contribution is 2.25. The number of para-hydroxylation sites is 1. The Hall–Kier alpha value is -2.01. The highest BCUT2D eigenvalue weighted by Gasteiger charge is 2.16. The summed E-state index contributed by atoms with van der Waals surface area (Å²) in [5.41, 5.74) is 8.63. The summed E-state index contributed by atoms with van der Waals surface area (Å²) < 4.78 is 27.4. The Bertz CT molecular complexity index is 702. The maximum atomic E-state index is 12.4. The first-order valence-electron chi connectivity index (χ1n) is 6.91. The van der Waals surface area contributed by atoms with Crippen LogP contribution in [0.4, 0.5) is 11.4 Å². The lowest BCUT2D eigenvalue weighted by molar-refractivity contribution is 0.601. The van der Waals surface area contributed by atoms with Crippen molar-refractivity contribution in [3.05, 3.63) is 53.6 Å². The molecule has 2 rings (SSSR count). The molecular formula is C16H20N2O2S. The van der Waals surface area contributed by atoms with Gasteiger partial charge in [0.25, 0.3) is 10.0 Å². The monoisotopic (exact) mass is 304 g/mol. The molecule has 0 spiro atoms. The Kier molecular flexibility index (Phi) is 4.53. The van der Waals surface area contributed by atoms with Crippen molar-refractivity contribution in [3.8, 4) is 0 Å². The maximum Gasteiger partial charge on any atom is 0.261 e. The van der Waals surface area contributed by atoms with E-state index in [1.807, 2.05) is 25.1 Å². The number of hydrogen-bond donors (Lipinski definition) is 2. The van der Waals surface area contributed by atoms with Crippen molar-refractivity contribution in [1.82, 2.24) is 0 Å². The predicted molar refractivity (Wildman–Crippen MR) is 86.8 cm³/mol. The van der Waals surface area contributed by atoms with Gasteiger partial charge in [-0.1, -0.05) is 37.6 Å². The number of nitrogens with one attached hydrogen (secondary N) is 1. The van der Waals surface area contributed by atoms with E-state index < -0.39 is 10.0 Å². The summed E-state index contributed by atoms with van der Waals surface area (Å²) in [5.74, 6) is 0. The molecule has 0 aliphatic heterocycles. The van der Waals surface area contributed by atoms with Gasteiger partial charge >= 0.3 is 0 Å². The number of nitrogen functional groups attached to an aromatic ring is 1. The Balaban J connectivity index is 2.30. The Labute approximate surface area is 126 Å². The number of aryl methyl sites for hydroxylation is 2. The zero-order chi connectivity index (χ0) is 15.5. The van der Waals surface area contributed by atoms with Crippen molar-refractivity contribution < 1.29 is 8.42 Å². The van der Waals surface area contributed by atoms with Crippen LogP contribution in [0.3, 0.4) is 0 Å². The molecule has 5 heteroatoms. The fraction of sp³-hybridized carbons (Fsp3) is 0.250. The van der Waals surface area contributed by atoms with Crippen LogP contribution in [0.25, 0.3) is 0 Å². The standard InChI is InChI=1S/C16H20N2O2S/c1-3-5-13-8-10-14(11-9-13)21(19,20)18-16-12(2)6-4-7-15(16)17/h4,6-11,18H,3,5,17H2,1-2H3. The Morgan fingerprint density at radius 2 is 1.76 bits per heavy atom. The minimum absolute atomic E-state index is 0.241. The molecule has 3 N–H and O–H groups in total. The van der Waals surface area contributed by atoms with Crippen LogP contribution >= 0.6 is 0 Å². The van der Waals surface area contributed by atoms with Crippen LogP contribution < -0.4 is 10.5 Å². The molecule has 0 unspecified atom stereocenters. The molecule has 21 heavy (non-hydrogen) atoms. The van der Waals surface area contributed by atoms with Crippen molar-refractivity contribution in [2.24, 2.45) is 0 Å². The topological polar surface area (TPSA) is 72.2 Å². The van der Waals surface area contributed by atoms with Crippen LogP contribution in [0.15, 0.2) is 47.4 Å². The summed E-state index contributed by atoms with van der Waals surface area (Å²) in [6, 6.07) is 12.2. The van der Waals surface area contributed by atoms with Gasteiger partial charge in [0.05, 0.1) is 16.3 Å². The van der Waals surface area contributed by atoms with Gasteiger partial charge in [-0.25, -0.2) is 8.42 Å². The minimum Gasteiger partial charge on any atom is -0.397 e. The van der Waals surface area contributed by atoms with E-state index in [2.05, 4.69) is 11.6 Å². The van der Waals surface area contributed by atoms with Gasteiger partial charge in [0.1, 0.15) is 0 Å². The van der Waals surface area contributed by atoms with Crippen LogP contribution in [-0.2, 0) is 16.4 Å². The van der Waals surface area contributed by atoms with E-state index in [1.165, 1.54) is 0 Å². The van der Waals surface area contributed by atoms with Gasteiger partial charge < -0.3 is 5.73 Å². The lowest BCUT2D eigenvalue weighted by atomic mass is 10.1. The molecule has 0 aliphatic carbocycles. The number of nitrogens with two attached hydrogens (primary N) is 1. The van der Waals surface area contributed by atoms with Crippen LogP contribution in [0.1, 0.15) is 24.5 Å². The van der Waals surface area contributed by atoms with Crippen LogP contribution in [-0.4, -0.2) is 8.42 Å². The molecular weight excluding hydrogens is 284 g/mol. The van der Waals surface area contributed by atoms with E-state index in [1.54, 1.807) is 24.3 Å². The van der Waals surface area contributed by atoms with E-state index in [-0.39, 0.29) is 4.90 Å². The molecule has 112 valence electrons. The van der Waals surface area contributed by atoms with Crippen molar-refractivity contribution in [2.75, 3.05) is 10.5 Å². The summed E-state index contributed by atoms with van der Waals surface area (Å²) in [7, 11) is -3.62. The quantitative estimate of drug-likeness (QED) is 0.832. The van der Waals surface area contributed by atoms with Gasteiger partial charge in [-0.15, -0.1) is 0 Å². The second kappa shape index (κ2) is 6.18. The Morgan fingerprint density at radius 1 is 1.10 bits per heavy atom. The highest BCUT2D eigenvalue weighted by atomic mass is 32.2. The van der Waals surface area contributed by atoms with E-state index in [4.69, 9.17) is 5.73 Å². The van der Waals surface area contributed by atoms with Crippen molar-refractivity contribution >= 4 is 21.4 Å². The molecule has 0 aromatic heterocycles. The van der Waals surface area contributed by atoms with Gasteiger partial charge in [0.15, 0.2) is 0 Å². The number of rotatable bonds is 5. The average molecular weight is 304 g/mol. The zero-order valence-electron chi connectivity index (χ0n) is 12.3. The molecule has 2 aromatic carbocycles. The van der Waals surface area contributed by atoms with Gasteiger partial charge in [-0.2, -0.15) is 0 Å². The second-order valence-corrected chi connectivity index (χ2v) is 6.72. The first kappa shape index (κ1) is 15.4. The number of sulfonamides is 1. The third-order valence-corrected chi connectivity index (χ3v) is 4.68. The SMILES string of the molecule is CCCc1ccc(S(=O)(=O)Nc2c(C)cccc2N)cc1. The molecule has 2 aromatic rings. The molecule has 0 aliphatic rings. The van der Waals surface area contributed by atoms with Gasteiger partial charge in [0, 0.05) is 0 Å². The van der Waals surface area contributed by atoms with Crippen LogP contribution in [0, 0.1) is 6.92 Å². The minimum atomic E-state index is -3.62. The molecule has 0 bridgehead atoms. The molecule has 0 fully saturated rings. The molecule has 0 amide bonds. The fourth-order valence-electron chi connectivity index (χ4n) is 2.15. The van der Waals surface area contributed by atoms with E-state index in [0.717, 1.165) is 24.0 Å². The second-order valence-electron chi connectivity index (χ2n) is 5.04. The van der Waals surface area contributed by atoms with Crippen LogP contribution in [0.2, 0.25) is 0 Å². The molecule has 0 saturated carbocycles.